The molecule has 3 heteroatoms. The van der Waals surface area contributed by atoms with Gasteiger partial charge in [0.05, 0.1) is 7.11 Å². The van der Waals surface area contributed by atoms with Crippen molar-refractivity contribution < 1.29 is 14.6 Å². The van der Waals surface area contributed by atoms with Crippen molar-refractivity contribution in [1.29, 1.82) is 0 Å². The number of carboxylic acid groups (broad SMARTS) is 1. The Hall–Kier alpha value is -1.51. The predicted molar refractivity (Wildman–Crippen MR) is 60.2 cm³/mol. The zero-order valence-corrected chi connectivity index (χ0v) is 9.90. The second kappa shape index (κ2) is 5.54. The number of ether oxygens (including phenoxy) is 1. The van der Waals surface area contributed by atoms with Gasteiger partial charge in [-0.25, -0.2) is 0 Å². The van der Waals surface area contributed by atoms with Crippen LogP contribution in [0.5, 0.6) is 5.75 Å². The minimum Gasteiger partial charge on any atom is -0.549 e. The molecule has 1 atom stereocenters. The molecule has 0 spiro atoms. The van der Waals surface area contributed by atoms with Gasteiger partial charge in [-0.15, -0.1) is 0 Å². The smallest absolute Gasteiger partial charge is 0.118 e. The third-order valence-electron chi connectivity index (χ3n) is 2.51. The van der Waals surface area contributed by atoms with Crippen molar-refractivity contribution in [2.24, 2.45) is 5.92 Å². The first-order chi connectivity index (χ1) is 7.54. The summed E-state index contributed by atoms with van der Waals surface area (Å²) < 4.78 is 5.03. The van der Waals surface area contributed by atoms with Gasteiger partial charge >= 0.3 is 0 Å². The number of hydrogen-bond donors (Lipinski definition) is 0. The summed E-state index contributed by atoms with van der Waals surface area (Å²) >= 11 is 0. The van der Waals surface area contributed by atoms with Crippen LogP contribution in [0.1, 0.15) is 31.7 Å². The summed E-state index contributed by atoms with van der Waals surface area (Å²) in [6, 6.07) is 7.10. The Bertz CT molecular complexity index is 341. The lowest BCUT2D eigenvalue weighted by Crippen LogP contribution is -2.30. The minimum absolute atomic E-state index is 0.324. The number of aliphatic carboxylic acids is 1. The molecule has 0 saturated carbocycles. The summed E-state index contributed by atoms with van der Waals surface area (Å²) in [6.07, 6.45) is 0.592. The van der Waals surface area contributed by atoms with E-state index in [4.69, 9.17) is 4.74 Å². The monoisotopic (exact) mass is 221 g/mol. The van der Waals surface area contributed by atoms with E-state index in [0.29, 0.717) is 12.3 Å². The van der Waals surface area contributed by atoms with E-state index in [0.717, 1.165) is 11.3 Å². The summed E-state index contributed by atoms with van der Waals surface area (Å²) in [5, 5.41) is 11.0. The molecule has 0 amide bonds. The van der Waals surface area contributed by atoms with Crippen LogP contribution in [0.3, 0.4) is 0 Å². The average molecular weight is 221 g/mol. The third-order valence-corrected chi connectivity index (χ3v) is 2.51. The van der Waals surface area contributed by atoms with Crippen molar-refractivity contribution in [2.75, 3.05) is 7.11 Å². The van der Waals surface area contributed by atoms with E-state index >= 15 is 0 Å². The van der Waals surface area contributed by atoms with E-state index in [-0.39, 0.29) is 0 Å². The Morgan fingerprint density at radius 2 is 1.88 bits per heavy atom. The summed E-state index contributed by atoms with van der Waals surface area (Å²) in [5.41, 5.74) is 0.773. The average Bonchev–Trinajstić information content (AvgIpc) is 2.25. The van der Waals surface area contributed by atoms with Crippen molar-refractivity contribution >= 4 is 5.97 Å². The second-order valence-corrected chi connectivity index (χ2v) is 4.27. The van der Waals surface area contributed by atoms with Gasteiger partial charge < -0.3 is 14.6 Å². The fourth-order valence-corrected chi connectivity index (χ4v) is 1.68. The number of rotatable bonds is 5. The predicted octanol–water partition coefficient (Wildman–Crippen LogP) is 1.57. The maximum atomic E-state index is 11.0. The Kier molecular flexibility index (Phi) is 4.35. The van der Waals surface area contributed by atoms with Crippen LogP contribution in [-0.4, -0.2) is 13.1 Å². The molecule has 1 unspecified atom stereocenters. The molecule has 1 aromatic rings. The molecule has 0 saturated heterocycles. The highest BCUT2D eigenvalue weighted by Gasteiger charge is 2.14. The quantitative estimate of drug-likeness (QED) is 0.758. The molecule has 0 aliphatic heterocycles. The van der Waals surface area contributed by atoms with Gasteiger partial charge in [-0.2, -0.15) is 0 Å². The first kappa shape index (κ1) is 12.6. The first-order valence-electron chi connectivity index (χ1n) is 5.39. The Morgan fingerprint density at radius 1 is 1.31 bits per heavy atom. The highest BCUT2D eigenvalue weighted by atomic mass is 16.5. The number of carboxylic acids is 1. The lowest BCUT2D eigenvalue weighted by Gasteiger charge is -2.20. The van der Waals surface area contributed by atoms with Crippen molar-refractivity contribution in [2.45, 2.75) is 26.2 Å². The molecule has 16 heavy (non-hydrogen) atoms. The summed E-state index contributed by atoms with van der Waals surface area (Å²) in [7, 11) is 1.58. The lowest BCUT2D eigenvalue weighted by molar-refractivity contribution is -0.308. The fraction of sp³-hybridized carbons (Fsp3) is 0.462. The third kappa shape index (κ3) is 3.26. The number of carbonyl (C=O) groups excluding carboxylic acids is 1. The summed E-state index contributed by atoms with van der Waals surface area (Å²) in [6.45, 7) is 4.00. The van der Waals surface area contributed by atoms with Crippen molar-refractivity contribution in [3.63, 3.8) is 0 Å². The minimum atomic E-state index is -1.01. The highest BCUT2D eigenvalue weighted by molar-refractivity contribution is 5.74. The van der Waals surface area contributed by atoms with Gasteiger partial charge in [-0.1, -0.05) is 26.0 Å². The number of methoxy groups -OCH3 is 1. The molecule has 0 radical (unpaired) electrons. The normalized spacial score (nSPS) is 12.5. The van der Waals surface area contributed by atoms with Gasteiger partial charge in [-0.3, -0.25) is 0 Å². The molecular weight excluding hydrogens is 204 g/mol. The topological polar surface area (TPSA) is 49.4 Å². The van der Waals surface area contributed by atoms with Gasteiger partial charge in [0, 0.05) is 11.9 Å². The van der Waals surface area contributed by atoms with E-state index in [1.54, 1.807) is 31.4 Å². The Labute approximate surface area is 96.1 Å². The Morgan fingerprint density at radius 3 is 2.25 bits per heavy atom. The molecule has 88 valence electrons. The standard InChI is InChI=1S/C13H18O3/c1-9(2)8-12(13(14)15)10-4-6-11(16-3)7-5-10/h4-7,9,12H,8H2,1-3H3,(H,14,15)/p-1. The SMILES string of the molecule is COc1ccc(C(CC(C)C)C(=O)[O-])cc1. The molecule has 0 bridgehead atoms. The van der Waals surface area contributed by atoms with E-state index in [1.165, 1.54) is 0 Å². The molecule has 0 aromatic heterocycles. The van der Waals surface area contributed by atoms with Crippen LogP contribution in [0.15, 0.2) is 24.3 Å². The molecular formula is C13H17O3-. The molecule has 0 aliphatic carbocycles. The van der Waals surface area contributed by atoms with Crippen LogP contribution < -0.4 is 9.84 Å². The number of carbonyl (C=O) groups is 1. The van der Waals surface area contributed by atoms with Gasteiger partial charge in [0.1, 0.15) is 5.75 Å². The zero-order valence-electron chi connectivity index (χ0n) is 9.90. The number of benzene rings is 1. The first-order valence-corrected chi connectivity index (χ1v) is 5.39. The van der Waals surface area contributed by atoms with Crippen LogP contribution in [0.2, 0.25) is 0 Å². The molecule has 0 fully saturated rings. The molecule has 1 aromatic carbocycles. The van der Waals surface area contributed by atoms with Crippen LogP contribution in [0.25, 0.3) is 0 Å². The summed E-state index contributed by atoms with van der Waals surface area (Å²) in [4.78, 5) is 11.0. The molecule has 0 N–H and O–H groups in total. The Balaban J connectivity index is 2.88. The molecule has 0 aliphatic rings. The maximum absolute atomic E-state index is 11.0. The molecule has 1 rings (SSSR count). The highest BCUT2D eigenvalue weighted by Crippen LogP contribution is 2.25. The molecule has 3 nitrogen and oxygen atoms in total. The van der Waals surface area contributed by atoms with Crippen LogP contribution in [-0.2, 0) is 4.79 Å². The second-order valence-electron chi connectivity index (χ2n) is 4.27. The van der Waals surface area contributed by atoms with Crippen molar-refractivity contribution in [1.82, 2.24) is 0 Å². The van der Waals surface area contributed by atoms with Crippen LogP contribution >= 0.6 is 0 Å². The number of hydrogen-bond acceptors (Lipinski definition) is 3. The van der Waals surface area contributed by atoms with Gasteiger partial charge in [-0.05, 0) is 30.0 Å². The zero-order chi connectivity index (χ0) is 12.1. The fourth-order valence-electron chi connectivity index (χ4n) is 1.68. The van der Waals surface area contributed by atoms with Crippen LogP contribution in [0, 0.1) is 5.92 Å². The maximum Gasteiger partial charge on any atom is 0.118 e. The van der Waals surface area contributed by atoms with Gasteiger partial charge in [0.15, 0.2) is 0 Å². The van der Waals surface area contributed by atoms with Gasteiger partial charge in [0.25, 0.3) is 0 Å². The summed E-state index contributed by atoms with van der Waals surface area (Å²) in [5.74, 6) is -0.500. The van der Waals surface area contributed by atoms with Crippen LogP contribution in [0.4, 0.5) is 0 Å². The van der Waals surface area contributed by atoms with E-state index in [2.05, 4.69) is 0 Å². The lowest BCUT2D eigenvalue weighted by atomic mass is 9.90. The van der Waals surface area contributed by atoms with Gasteiger partial charge in [0.2, 0.25) is 0 Å². The van der Waals surface area contributed by atoms with E-state index in [9.17, 15) is 9.90 Å². The van der Waals surface area contributed by atoms with E-state index in [1.807, 2.05) is 13.8 Å². The molecule has 0 heterocycles. The van der Waals surface area contributed by atoms with Crippen molar-refractivity contribution in [3.8, 4) is 5.75 Å². The van der Waals surface area contributed by atoms with E-state index < -0.39 is 11.9 Å². The van der Waals surface area contributed by atoms with Crippen molar-refractivity contribution in [3.05, 3.63) is 29.8 Å². The largest absolute Gasteiger partial charge is 0.549 e.